The third-order valence-electron chi connectivity index (χ3n) is 4.47. The van der Waals surface area contributed by atoms with Gasteiger partial charge in [0.15, 0.2) is 0 Å². The van der Waals surface area contributed by atoms with Gasteiger partial charge in [-0.3, -0.25) is 19.3 Å². The van der Waals surface area contributed by atoms with E-state index < -0.39 is 5.97 Å². The largest absolute Gasteiger partial charge is 0.481 e. The highest BCUT2D eigenvalue weighted by molar-refractivity contribution is 6.06. The lowest BCUT2D eigenvalue weighted by molar-refractivity contribution is -0.139. The Morgan fingerprint density at radius 2 is 1.62 bits per heavy atom. The van der Waals surface area contributed by atoms with Gasteiger partial charge in [0.2, 0.25) is 11.8 Å². The van der Waals surface area contributed by atoms with Crippen LogP contribution in [0.25, 0.3) is 0 Å². The third kappa shape index (κ3) is 5.18. The van der Waals surface area contributed by atoms with Crippen LogP contribution >= 0.6 is 0 Å². The summed E-state index contributed by atoms with van der Waals surface area (Å²) < 4.78 is 0. The summed E-state index contributed by atoms with van der Waals surface area (Å²) in [6.07, 6.45) is 5.94. The van der Waals surface area contributed by atoms with Gasteiger partial charge in [-0.2, -0.15) is 0 Å². The lowest BCUT2D eigenvalue weighted by atomic mass is 9.98. The maximum atomic E-state index is 12.4. The van der Waals surface area contributed by atoms with Crippen LogP contribution < -0.4 is 0 Å². The molecule has 5 heteroatoms. The Balaban J connectivity index is 1.67. The number of benzene rings is 1. The Bertz CT molecular complexity index is 570. The summed E-state index contributed by atoms with van der Waals surface area (Å²) in [5.41, 5.74) is 0.914. The molecule has 130 valence electrons. The molecule has 0 bridgehead atoms. The van der Waals surface area contributed by atoms with Crippen molar-refractivity contribution in [2.75, 3.05) is 6.54 Å². The highest BCUT2D eigenvalue weighted by Crippen LogP contribution is 2.29. The zero-order valence-corrected chi connectivity index (χ0v) is 13.9. The SMILES string of the molecule is O=C(O)CCCCCCCCN1C(=O)C[C@H](c2ccccc2)C1=O. The number of aliphatic carboxylic acids is 1. The fourth-order valence-electron chi connectivity index (χ4n) is 3.12. The molecular weight excluding hydrogens is 306 g/mol. The number of hydrogen-bond donors (Lipinski definition) is 1. The van der Waals surface area contributed by atoms with Gasteiger partial charge in [-0.15, -0.1) is 0 Å². The van der Waals surface area contributed by atoms with Crippen LogP contribution in [0.15, 0.2) is 30.3 Å². The lowest BCUT2D eigenvalue weighted by Crippen LogP contribution is -2.31. The molecule has 1 aromatic carbocycles. The molecule has 1 aliphatic heterocycles. The van der Waals surface area contributed by atoms with Crippen molar-refractivity contribution in [2.45, 2.75) is 57.3 Å². The van der Waals surface area contributed by atoms with Gasteiger partial charge < -0.3 is 5.11 Å². The smallest absolute Gasteiger partial charge is 0.303 e. The Hall–Kier alpha value is -2.17. The summed E-state index contributed by atoms with van der Waals surface area (Å²) in [7, 11) is 0. The number of amides is 2. The second-order valence-electron chi connectivity index (χ2n) is 6.32. The van der Waals surface area contributed by atoms with Crippen molar-refractivity contribution in [3.05, 3.63) is 35.9 Å². The molecule has 0 unspecified atom stereocenters. The lowest BCUT2D eigenvalue weighted by Gasteiger charge is -2.15. The molecule has 1 aliphatic rings. The summed E-state index contributed by atoms with van der Waals surface area (Å²) in [5, 5.41) is 8.56. The molecule has 24 heavy (non-hydrogen) atoms. The predicted molar refractivity (Wildman–Crippen MR) is 90.5 cm³/mol. The number of carbonyl (C=O) groups excluding carboxylic acids is 2. The number of likely N-dealkylation sites (tertiary alicyclic amines) is 1. The number of hydrogen-bond acceptors (Lipinski definition) is 3. The molecule has 1 fully saturated rings. The molecule has 0 aromatic heterocycles. The Morgan fingerprint density at radius 1 is 1.00 bits per heavy atom. The van der Waals surface area contributed by atoms with Gasteiger partial charge in [-0.05, 0) is 18.4 Å². The van der Waals surface area contributed by atoms with Gasteiger partial charge >= 0.3 is 5.97 Å². The van der Waals surface area contributed by atoms with Crippen LogP contribution in [0, 0.1) is 0 Å². The van der Waals surface area contributed by atoms with E-state index in [0.717, 1.165) is 44.1 Å². The van der Waals surface area contributed by atoms with Gasteiger partial charge in [0.1, 0.15) is 0 Å². The van der Waals surface area contributed by atoms with Crippen molar-refractivity contribution < 1.29 is 19.5 Å². The van der Waals surface area contributed by atoms with Crippen LogP contribution in [0.4, 0.5) is 0 Å². The van der Waals surface area contributed by atoms with E-state index in [1.54, 1.807) is 0 Å². The number of carboxylic acid groups (broad SMARTS) is 1. The van der Waals surface area contributed by atoms with Crippen molar-refractivity contribution in [2.24, 2.45) is 0 Å². The zero-order valence-electron chi connectivity index (χ0n) is 13.9. The Morgan fingerprint density at radius 3 is 2.29 bits per heavy atom. The number of nitrogens with zero attached hydrogens (tertiary/aromatic N) is 1. The van der Waals surface area contributed by atoms with Crippen LogP contribution in [0.1, 0.15) is 62.8 Å². The molecule has 1 aromatic rings. The number of imide groups is 1. The first-order valence-electron chi connectivity index (χ1n) is 8.70. The molecule has 1 heterocycles. The van der Waals surface area contributed by atoms with Gasteiger partial charge in [0.05, 0.1) is 5.92 Å². The van der Waals surface area contributed by atoms with Crippen LogP contribution in [-0.4, -0.2) is 34.3 Å². The fourth-order valence-corrected chi connectivity index (χ4v) is 3.12. The predicted octanol–water partition coefficient (Wildman–Crippen LogP) is 3.34. The molecule has 1 saturated heterocycles. The van der Waals surface area contributed by atoms with Crippen LogP contribution in [0.3, 0.4) is 0 Å². The number of rotatable bonds is 10. The summed E-state index contributed by atoms with van der Waals surface area (Å²) in [4.78, 5) is 36.3. The first-order chi connectivity index (χ1) is 11.6. The summed E-state index contributed by atoms with van der Waals surface area (Å²) in [6, 6.07) is 9.48. The first-order valence-corrected chi connectivity index (χ1v) is 8.70. The van der Waals surface area contributed by atoms with E-state index in [9.17, 15) is 14.4 Å². The maximum absolute atomic E-state index is 12.4. The molecule has 1 N–H and O–H groups in total. The highest BCUT2D eigenvalue weighted by atomic mass is 16.4. The number of carbonyl (C=O) groups is 3. The first kappa shape index (κ1) is 18.2. The third-order valence-corrected chi connectivity index (χ3v) is 4.47. The van der Waals surface area contributed by atoms with Crippen molar-refractivity contribution >= 4 is 17.8 Å². The average molecular weight is 331 g/mol. The monoisotopic (exact) mass is 331 g/mol. The molecular formula is C19H25NO4. The van der Waals surface area contributed by atoms with Gasteiger partial charge in [-0.25, -0.2) is 0 Å². The minimum absolute atomic E-state index is 0.0738. The molecule has 0 radical (unpaired) electrons. The molecule has 1 atom stereocenters. The van der Waals surface area contributed by atoms with E-state index in [4.69, 9.17) is 5.11 Å². The number of carboxylic acids is 1. The minimum atomic E-state index is -0.742. The molecule has 0 saturated carbocycles. The summed E-state index contributed by atoms with van der Waals surface area (Å²) in [5.74, 6) is -1.22. The molecule has 5 nitrogen and oxygen atoms in total. The quantitative estimate of drug-likeness (QED) is 0.527. The maximum Gasteiger partial charge on any atom is 0.303 e. The van der Waals surface area contributed by atoms with Gasteiger partial charge in [0.25, 0.3) is 0 Å². The second kappa shape index (κ2) is 9.21. The minimum Gasteiger partial charge on any atom is -0.481 e. The van der Waals surface area contributed by atoms with E-state index in [-0.39, 0.29) is 30.6 Å². The van der Waals surface area contributed by atoms with Crippen LogP contribution in [0.2, 0.25) is 0 Å². The molecule has 2 amide bonds. The van der Waals surface area contributed by atoms with E-state index >= 15 is 0 Å². The summed E-state index contributed by atoms with van der Waals surface area (Å²) >= 11 is 0. The van der Waals surface area contributed by atoms with Crippen molar-refractivity contribution in [1.82, 2.24) is 4.90 Å². The Labute approximate surface area is 142 Å². The van der Waals surface area contributed by atoms with E-state index in [1.807, 2.05) is 30.3 Å². The topological polar surface area (TPSA) is 74.7 Å². The van der Waals surface area contributed by atoms with Gasteiger partial charge in [-0.1, -0.05) is 56.0 Å². The fraction of sp³-hybridized carbons (Fsp3) is 0.526. The second-order valence-corrected chi connectivity index (χ2v) is 6.32. The average Bonchev–Trinajstić information content (AvgIpc) is 2.85. The van der Waals surface area contributed by atoms with E-state index in [2.05, 4.69) is 0 Å². The zero-order chi connectivity index (χ0) is 17.4. The van der Waals surface area contributed by atoms with Crippen LogP contribution in [-0.2, 0) is 14.4 Å². The van der Waals surface area contributed by atoms with E-state index in [0.29, 0.717) is 6.54 Å². The molecule has 0 spiro atoms. The van der Waals surface area contributed by atoms with Crippen molar-refractivity contribution in [3.8, 4) is 0 Å². The Kier molecular flexibility index (Phi) is 6.97. The van der Waals surface area contributed by atoms with Crippen molar-refractivity contribution in [1.29, 1.82) is 0 Å². The van der Waals surface area contributed by atoms with Gasteiger partial charge in [0, 0.05) is 19.4 Å². The summed E-state index contributed by atoms with van der Waals surface area (Å²) in [6.45, 7) is 0.496. The number of unbranched alkanes of at least 4 members (excludes halogenated alkanes) is 5. The van der Waals surface area contributed by atoms with Crippen molar-refractivity contribution in [3.63, 3.8) is 0 Å². The molecule has 2 rings (SSSR count). The molecule has 0 aliphatic carbocycles. The standard InChI is InChI=1S/C19H25NO4/c21-17-14-16(15-10-6-5-7-11-15)19(24)20(17)13-9-4-2-1-3-8-12-18(22)23/h5-7,10-11,16H,1-4,8-9,12-14H2,(H,22,23)/t16-/m1/s1. The normalized spacial score (nSPS) is 17.5. The van der Waals surface area contributed by atoms with E-state index in [1.165, 1.54) is 4.90 Å². The van der Waals surface area contributed by atoms with Crippen LogP contribution in [0.5, 0.6) is 0 Å². The highest BCUT2D eigenvalue weighted by Gasteiger charge is 2.38.